The third-order valence-corrected chi connectivity index (χ3v) is 7.97. The van der Waals surface area contributed by atoms with E-state index >= 15 is 0 Å². The molecule has 7 heteroatoms. The Labute approximate surface area is 208 Å². The fraction of sp³-hybridized carbons (Fsp3) is 0.643. The van der Waals surface area contributed by atoms with Crippen LogP contribution in [0.3, 0.4) is 0 Å². The van der Waals surface area contributed by atoms with E-state index in [0.717, 1.165) is 44.9 Å². The summed E-state index contributed by atoms with van der Waals surface area (Å²) in [5.74, 6) is -1.34. The molecule has 0 spiro atoms. The molecule has 35 heavy (non-hydrogen) atoms. The average molecular weight is 475 g/mol. The van der Waals surface area contributed by atoms with Crippen molar-refractivity contribution in [2.45, 2.75) is 89.4 Å². The molecule has 2 aliphatic heterocycles. The third kappa shape index (κ3) is 3.95. The van der Waals surface area contributed by atoms with Gasteiger partial charge in [-0.2, -0.15) is 15.8 Å². The van der Waals surface area contributed by atoms with Crippen LogP contribution in [-0.4, -0.2) is 18.3 Å². The standard InChI is InChI=1S/C28H34N4O3/c1-2-17-33-22-14-12-21(13-15-22)24-26(18-29,19-30)27(20-31)23-11-9-7-5-3-4-6-8-10-16-28(23,34-24)35-25(27)32/h12-15,23-24,32H,2-11,16-17H2,1H3. The minimum Gasteiger partial charge on any atom is -0.494 e. The van der Waals surface area contributed by atoms with Crippen LogP contribution in [0.1, 0.15) is 89.2 Å². The van der Waals surface area contributed by atoms with E-state index in [1.54, 1.807) is 24.3 Å². The van der Waals surface area contributed by atoms with Crippen molar-refractivity contribution in [1.82, 2.24) is 0 Å². The lowest BCUT2D eigenvalue weighted by Crippen LogP contribution is -2.59. The van der Waals surface area contributed by atoms with Crippen LogP contribution in [-0.2, 0) is 9.47 Å². The molecule has 1 aromatic rings. The van der Waals surface area contributed by atoms with Gasteiger partial charge >= 0.3 is 0 Å². The van der Waals surface area contributed by atoms with Gasteiger partial charge in [0, 0.05) is 6.42 Å². The van der Waals surface area contributed by atoms with Crippen molar-refractivity contribution in [1.29, 1.82) is 21.2 Å². The highest BCUT2D eigenvalue weighted by Crippen LogP contribution is 2.68. The Balaban J connectivity index is 1.81. The van der Waals surface area contributed by atoms with Crippen molar-refractivity contribution in [3.05, 3.63) is 29.8 Å². The molecule has 0 aromatic heterocycles. The first-order valence-electron chi connectivity index (χ1n) is 13.0. The lowest BCUT2D eigenvalue weighted by molar-refractivity contribution is -0.287. The maximum Gasteiger partial charge on any atom is 0.217 e. The molecule has 3 fully saturated rings. The van der Waals surface area contributed by atoms with Gasteiger partial charge < -0.3 is 14.2 Å². The molecule has 1 aliphatic carbocycles. The Morgan fingerprint density at radius 3 is 2.17 bits per heavy atom. The van der Waals surface area contributed by atoms with Crippen molar-refractivity contribution < 1.29 is 14.2 Å². The molecule has 4 unspecified atom stereocenters. The van der Waals surface area contributed by atoms with E-state index in [0.29, 0.717) is 30.8 Å². The summed E-state index contributed by atoms with van der Waals surface area (Å²) in [7, 11) is 0. The van der Waals surface area contributed by atoms with Crippen LogP contribution in [0.15, 0.2) is 24.3 Å². The van der Waals surface area contributed by atoms with Crippen LogP contribution in [0, 0.1) is 56.2 Å². The van der Waals surface area contributed by atoms with Crippen LogP contribution in [0.5, 0.6) is 5.75 Å². The monoisotopic (exact) mass is 474 g/mol. The van der Waals surface area contributed by atoms with Gasteiger partial charge in [0.05, 0.1) is 30.7 Å². The van der Waals surface area contributed by atoms with E-state index in [9.17, 15) is 15.8 Å². The van der Waals surface area contributed by atoms with Gasteiger partial charge in [-0.15, -0.1) is 0 Å². The van der Waals surface area contributed by atoms with Gasteiger partial charge in [0.1, 0.15) is 11.9 Å². The highest BCUT2D eigenvalue weighted by Gasteiger charge is 2.79. The maximum atomic E-state index is 10.6. The fourth-order valence-electron chi connectivity index (χ4n) is 6.18. The zero-order chi connectivity index (χ0) is 24.9. The highest BCUT2D eigenvalue weighted by atomic mass is 16.7. The number of hydrogen-bond donors (Lipinski definition) is 1. The van der Waals surface area contributed by atoms with Crippen LogP contribution in [0.2, 0.25) is 0 Å². The van der Waals surface area contributed by atoms with E-state index < -0.39 is 28.6 Å². The Morgan fingerprint density at radius 2 is 1.57 bits per heavy atom. The van der Waals surface area contributed by atoms with Gasteiger partial charge in [-0.05, 0) is 37.0 Å². The molecule has 7 nitrogen and oxygen atoms in total. The summed E-state index contributed by atoms with van der Waals surface area (Å²) < 4.78 is 18.5. The number of ether oxygens (including phenoxy) is 3. The zero-order valence-corrected chi connectivity index (χ0v) is 20.5. The van der Waals surface area contributed by atoms with E-state index in [1.165, 1.54) is 12.8 Å². The molecule has 184 valence electrons. The average Bonchev–Trinajstić information content (AvgIpc) is 3.05. The van der Waals surface area contributed by atoms with E-state index in [2.05, 4.69) is 18.2 Å². The van der Waals surface area contributed by atoms with Crippen molar-refractivity contribution in [2.24, 2.45) is 16.7 Å². The van der Waals surface area contributed by atoms with Gasteiger partial charge in [-0.1, -0.05) is 64.0 Å². The number of nitriles is 3. The molecule has 4 rings (SSSR count). The van der Waals surface area contributed by atoms with Gasteiger partial charge in [-0.25, -0.2) is 0 Å². The fourth-order valence-corrected chi connectivity index (χ4v) is 6.18. The smallest absolute Gasteiger partial charge is 0.217 e. The van der Waals surface area contributed by atoms with E-state index in [-0.39, 0.29) is 5.90 Å². The lowest BCUT2D eigenvalue weighted by Gasteiger charge is -2.50. The molecule has 2 heterocycles. The predicted molar refractivity (Wildman–Crippen MR) is 129 cm³/mol. The second-order valence-electron chi connectivity index (χ2n) is 10.0. The summed E-state index contributed by atoms with van der Waals surface area (Å²) in [6.07, 6.45) is 9.34. The van der Waals surface area contributed by atoms with Gasteiger partial charge in [0.25, 0.3) is 0 Å². The first-order valence-corrected chi connectivity index (χ1v) is 13.0. The summed E-state index contributed by atoms with van der Waals surface area (Å²) in [6.45, 7) is 2.62. The van der Waals surface area contributed by atoms with Crippen molar-refractivity contribution in [3.8, 4) is 24.0 Å². The molecule has 1 aromatic carbocycles. The summed E-state index contributed by atoms with van der Waals surface area (Å²) in [5.41, 5.74) is -2.99. The third-order valence-electron chi connectivity index (χ3n) is 7.97. The van der Waals surface area contributed by atoms with Gasteiger partial charge in [-0.3, -0.25) is 5.41 Å². The summed E-state index contributed by atoms with van der Waals surface area (Å²) >= 11 is 0. The number of rotatable bonds is 4. The summed E-state index contributed by atoms with van der Waals surface area (Å²) in [5, 5.41) is 40.4. The topological polar surface area (TPSA) is 123 Å². The minimum atomic E-state index is -1.91. The largest absolute Gasteiger partial charge is 0.494 e. The maximum absolute atomic E-state index is 10.6. The van der Waals surface area contributed by atoms with Gasteiger partial charge in [0.15, 0.2) is 5.41 Å². The van der Waals surface area contributed by atoms with E-state index in [1.807, 2.05) is 6.92 Å². The van der Waals surface area contributed by atoms with Crippen molar-refractivity contribution in [3.63, 3.8) is 0 Å². The molecule has 1 N–H and O–H groups in total. The molecule has 1 saturated carbocycles. The first kappa shape index (κ1) is 25.0. The first-order chi connectivity index (χ1) is 17.0. The number of nitrogens with one attached hydrogen (secondary N) is 1. The Morgan fingerprint density at radius 1 is 0.943 bits per heavy atom. The molecule has 0 radical (unpaired) electrons. The van der Waals surface area contributed by atoms with Crippen LogP contribution in [0.4, 0.5) is 0 Å². The summed E-state index contributed by atoms with van der Waals surface area (Å²) in [6, 6.07) is 13.8. The number of hydrogen-bond acceptors (Lipinski definition) is 7. The second kappa shape index (κ2) is 10.3. The highest BCUT2D eigenvalue weighted by molar-refractivity contribution is 5.89. The Hall–Kier alpha value is -3.08. The van der Waals surface area contributed by atoms with Crippen molar-refractivity contribution >= 4 is 5.90 Å². The second-order valence-corrected chi connectivity index (χ2v) is 10.0. The number of benzene rings is 1. The van der Waals surface area contributed by atoms with E-state index in [4.69, 9.17) is 19.6 Å². The Bertz CT molecular complexity index is 1040. The minimum absolute atomic E-state index is 0.298. The van der Waals surface area contributed by atoms with Crippen molar-refractivity contribution in [2.75, 3.05) is 6.61 Å². The molecular formula is C28H34N4O3. The number of nitrogens with zero attached hydrogens (tertiary/aromatic N) is 3. The predicted octanol–water partition coefficient (Wildman–Crippen LogP) is 6.32. The van der Waals surface area contributed by atoms with Crippen LogP contribution < -0.4 is 4.74 Å². The van der Waals surface area contributed by atoms with Crippen LogP contribution in [0.25, 0.3) is 0 Å². The Kier molecular flexibility index (Phi) is 7.34. The lowest BCUT2D eigenvalue weighted by atomic mass is 9.52. The summed E-state index contributed by atoms with van der Waals surface area (Å²) in [4.78, 5) is 0. The SMILES string of the molecule is CCCOc1ccc(C2OC34CCCCCCCCCCC3C(C#N)(C(=N)O4)C2(C#N)C#N)cc1. The molecule has 0 amide bonds. The normalized spacial score (nSPS) is 32.3. The molecule has 3 aliphatic rings. The van der Waals surface area contributed by atoms with Crippen LogP contribution >= 0.6 is 0 Å². The molecule has 4 atom stereocenters. The molecule has 2 saturated heterocycles. The van der Waals surface area contributed by atoms with Gasteiger partial charge in [0.2, 0.25) is 17.1 Å². The zero-order valence-electron chi connectivity index (χ0n) is 20.5. The molecular weight excluding hydrogens is 440 g/mol. The molecule has 2 bridgehead atoms. The quantitative estimate of drug-likeness (QED) is 0.544.